The molecule has 2 N–H and O–H groups in total. The number of nitrogens with zero attached hydrogens (tertiary/aromatic N) is 6. The lowest BCUT2D eigenvalue weighted by Gasteiger charge is -2.35. The van der Waals surface area contributed by atoms with Gasteiger partial charge in [0.2, 0.25) is 5.91 Å². The smallest absolute Gasteiger partial charge is 0.240 e. The highest BCUT2D eigenvalue weighted by atomic mass is 16.5. The molecule has 1 aliphatic rings. The number of nitrogens with two attached hydrogens (primary N) is 1. The Bertz CT molecular complexity index is 1500. The van der Waals surface area contributed by atoms with E-state index in [1.54, 1.807) is 4.90 Å². The lowest BCUT2D eigenvalue weighted by Crippen LogP contribution is -2.44. The third-order valence-corrected chi connectivity index (χ3v) is 6.95. The van der Waals surface area contributed by atoms with Gasteiger partial charge < -0.3 is 15.4 Å². The van der Waals surface area contributed by atoms with Gasteiger partial charge in [0.05, 0.1) is 17.5 Å². The maximum absolute atomic E-state index is 13.3. The van der Waals surface area contributed by atoms with Crippen molar-refractivity contribution in [3.05, 3.63) is 60.9 Å². The molecule has 39 heavy (non-hydrogen) atoms. The van der Waals surface area contributed by atoms with Gasteiger partial charge in [-0.3, -0.25) is 4.79 Å². The number of likely N-dealkylation sites (tertiary alicyclic amines) is 1. The molecule has 0 aliphatic carbocycles. The molecule has 2 aromatic carbocycles. The van der Waals surface area contributed by atoms with Gasteiger partial charge in [0.15, 0.2) is 5.65 Å². The molecule has 5 rings (SSSR count). The molecule has 1 aliphatic heterocycles. The summed E-state index contributed by atoms with van der Waals surface area (Å²) in [4.78, 5) is 23.9. The Morgan fingerprint density at radius 3 is 2.54 bits per heavy atom. The van der Waals surface area contributed by atoms with E-state index in [2.05, 4.69) is 16.0 Å². The van der Waals surface area contributed by atoms with Crippen LogP contribution in [0.5, 0.6) is 11.5 Å². The lowest BCUT2D eigenvalue weighted by atomic mass is 9.84. The number of anilines is 1. The number of fused-ring (bicyclic) bond motifs is 1. The minimum atomic E-state index is -0.664. The van der Waals surface area contributed by atoms with Crippen molar-refractivity contribution in [1.82, 2.24) is 24.6 Å². The third kappa shape index (κ3) is 5.70. The maximum Gasteiger partial charge on any atom is 0.240 e. The molecular weight excluding hydrogens is 490 g/mol. The average molecular weight is 524 g/mol. The van der Waals surface area contributed by atoms with Crippen LogP contribution >= 0.6 is 0 Å². The first kappa shape index (κ1) is 26.2. The van der Waals surface area contributed by atoms with Crippen LogP contribution in [0, 0.1) is 22.7 Å². The van der Waals surface area contributed by atoms with Crippen molar-refractivity contribution in [2.24, 2.45) is 11.3 Å². The summed E-state index contributed by atoms with van der Waals surface area (Å²) < 4.78 is 7.81. The summed E-state index contributed by atoms with van der Waals surface area (Å²) in [5, 5.41) is 15.4. The van der Waals surface area contributed by atoms with Gasteiger partial charge in [-0.15, -0.1) is 0 Å². The molecule has 2 aromatic heterocycles. The molecule has 200 valence electrons. The van der Waals surface area contributed by atoms with Crippen molar-refractivity contribution in [1.29, 1.82) is 5.26 Å². The Kier molecular flexibility index (Phi) is 7.20. The largest absolute Gasteiger partial charge is 0.457 e. The predicted molar refractivity (Wildman–Crippen MR) is 150 cm³/mol. The summed E-state index contributed by atoms with van der Waals surface area (Å²) in [5.74, 6) is 1.04. The molecule has 2 atom stereocenters. The normalized spacial score (nSPS) is 16.6. The van der Waals surface area contributed by atoms with Crippen molar-refractivity contribution in [3.63, 3.8) is 0 Å². The highest BCUT2D eigenvalue weighted by molar-refractivity contribution is 5.98. The molecule has 4 aromatic rings. The van der Waals surface area contributed by atoms with Crippen molar-refractivity contribution in [2.45, 2.75) is 46.1 Å². The number of hydrogen-bond acceptors (Lipinski definition) is 7. The number of para-hydroxylation sites is 1. The number of carbonyl (C=O) groups excluding carboxylic acids is 1. The summed E-state index contributed by atoms with van der Waals surface area (Å²) in [6.07, 6.45) is 3.61. The molecular formula is C30H33N7O2. The monoisotopic (exact) mass is 523 g/mol. The number of ether oxygens (including phenoxy) is 1. The van der Waals surface area contributed by atoms with Crippen molar-refractivity contribution in [3.8, 4) is 28.8 Å². The van der Waals surface area contributed by atoms with E-state index in [0.717, 1.165) is 24.2 Å². The van der Waals surface area contributed by atoms with Crippen LogP contribution in [0.25, 0.3) is 22.3 Å². The number of rotatable bonds is 6. The van der Waals surface area contributed by atoms with Crippen LogP contribution in [-0.4, -0.2) is 43.6 Å². The molecule has 1 fully saturated rings. The number of nitrogen functional groups attached to an aromatic ring is 1. The van der Waals surface area contributed by atoms with E-state index in [9.17, 15) is 10.1 Å². The van der Waals surface area contributed by atoms with E-state index in [4.69, 9.17) is 15.6 Å². The van der Waals surface area contributed by atoms with Crippen LogP contribution in [0.15, 0.2) is 60.9 Å². The van der Waals surface area contributed by atoms with E-state index < -0.39 is 5.92 Å². The molecule has 1 unspecified atom stereocenters. The minimum Gasteiger partial charge on any atom is -0.457 e. The quantitative estimate of drug-likeness (QED) is 0.348. The van der Waals surface area contributed by atoms with Gasteiger partial charge in [0, 0.05) is 18.7 Å². The second-order valence-electron chi connectivity index (χ2n) is 11.2. The first-order valence-electron chi connectivity index (χ1n) is 13.2. The van der Waals surface area contributed by atoms with Crippen molar-refractivity contribution < 1.29 is 9.53 Å². The Labute approximate surface area is 228 Å². The van der Waals surface area contributed by atoms with Gasteiger partial charge in [-0.05, 0) is 61.1 Å². The Hall–Kier alpha value is -4.45. The van der Waals surface area contributed by atoms with Crippen LogP contribution in [0.2, 0.25) is 0 Å². The highest BCUT2D eigenvalue weighted by Crippen LogP contribution is 2.35. The number of carbonyl (C=O) groups is 1. The molecule has 9 nitrogen and oxygen atoms in total. The fourth-order valence-electron chi connectivity index (χ4n) is 5.13. The van der Waals surface area contributed by atoms with Crippen molar-refractivity contribution in [2.75, 3.05) is 18.8 Å². The highest BCUT2D eigenvalue weighted by Gasteiger charge is 2.33. The van der Waals surface area contributed by atoms with Gasteiger partial charge >= 0.3 is 0 Å². The molecule has 3 heterocycles. The summed E-state index contributed by atoms with van der Waals surface area (Å²) >= 11 is 0. The van der Waals surface area contributed by atoms with Crippen LogP contribution in [0.4, 0.5) is 5.82 Å². The molecule has 1 amide bonds. The molecule has 0 bridgehead atoms. The average Bonchev–Trinajstić information content (AvgIpc) is 3.33. The Morgan fingerprint density at radius 2 is 1.85 bits per heavy atom. The molecule has 9 heteroatoms. The van der Waals surface area contributed by atoms with E-state index in [1.165, 1.54) is 6.33 Å². The van der Waals surface area contributed by atoms with E-state index in [0.29, 0.717) is 47.8 Å². The number of piperidine rings is 1. The van der Waals surface area contributed by atoms with Crippen LogP contribution in [0.1, 0.15) is 46.1 Å². The summed E-state index contributed by atoms with van der Waals surface area (Å²) in [6.45, 7) is 7.23. The number of aromatic nitrogens is 4. The zero-order valence-electron chi connectivity index (χ0n) is 22.5. The minimum absolute atomic E-state index is 0.0945. The number of amides is 1. The number of nitriles is 1. The first-order valence-corrected chi connectivity index (χ1v) is 13.2. The zero-order valence-corrected chi connectivity index (χ0v) is 22.5. The summed E-state index contributed by atoms with van der Waals surface area (Å²) in [7, 11) is 0. The van der Waals surface area contributed by atoms with E-state index >= 15 is 0 Å². The third-order valence-electron chi connectivity index (χ3n) is 6.95. The fraction of sp³-hybridized carbons (Fsp3) is 0.367. The van der Waals surface area contributed by atoms with Gasteiger partial charge in [-0.1, -0.05) is 39.0 Å². The van der Waals surface area contributed by atoms with Gasteiger partial charge in [-0.25, -0.2) is 14.6 Å². The molecule has 0 spiro atoms. The Morgan fingerprint density at radius 1 is 1.13 bits per heavy atom. The first-order chi connectivity index (χ1) is 18.7. The fourth-order valence-corrected chi connectivity index (χ4v) is 5.13. The second-order valence-corrected chi connectivity index (χ2v) is 11.2. The number of benzene rings is 2. The lowest BCUT2D eigenvalue weighted by molar-refractivity contribution is -0.136. The standard InChI is InChI=1S/C30H33N7O2/c1-30(2,3)16-21(17-31)29(38)36-15-7-8-22(18-36)37-28-25(27(32)33-19-34-28)26(35-37)20-11-13-24(14-12-20)39-23-9-5-4-6-10-23/h4-6,9-14,19,21-22H,7-8,15-16,18H2,1-3H3,(H2,32,33,34)/t21?,22-/m1/s1. The Balaban J connectivity index is 1.43. The number of hydrogen-bond donors (Lipinski definition) is 1. The van der Waals surface area contributed by atoms with Crippen LogP contribution < -0.4 is 10.5 Å². The molecule has 1 saturated heterocycles. The summed E-state index contributed by atoms with van der Waals surface area (Å²) in [6, 6.07) is 19.4. The predicted octanol–water partition coefficient (Wildman–Crippen LogP) is 5.61. The van der Waals surface area contributed by atoms with Gasteiger partial charge in [0.1, 0.15) is 35.3 Å². The molecule has 0 radical (unpaired) electrons. The van der Waals surface area contributed by atoms with Crippen LogP contribution in [-0.2, 0) is 4.79 Å². The molecule has 0 saturated carbocycles. The van der Waals surface area contributed by atoms with E-state index in [1.807, 2.05) is 80.1 Å². The SMILES string of the molecule is CC(C)(C)CC(C#N)C(=O)N1CCC[C@@H](n2nc(-c3ccc(Oc4ccccc4)cc3)c3c(N)ncnc32)C1. The van der Waals surface area contributed by atoms with Gasteiger partial charge in [-0.2, -0.15) is 10.4 Å². The maximum atomic E-state index is 13.3. The topological polar surface area (TPSA) is 123 Å². The van der Waals surface area contributed by atoms with Crippen molar-refractivity contribution >= 4 is 22.8 Å². The second kappa shape index (κ2) is 10.7. The van der Waals surface area contributed by atoms with Crippen LogP contribution in [0.3, 0.4) is 0 Å². The zero-order chi connectivity index (χ0) is 27.6. The van der Waals surface area contributed by atoms with E-state index in [-0.39, 0.29) is 17.4 Å². The summed E-state index contributed by atoms with van der Waals surface area (Å²) in [5.41, 5.74) is 8.39. The van der Waals surface area contributed by atoms with Gasteiger partial charge in [0.25, 0.3) is 0 Å².